The Hall–Kier alpha value is -1.39. The van der Waals surface area contributed by atoms with E-state index in [9.17, 15) is 0 Å². The van der Waals surface area contributed by atoms with Gasteiger partial charge in [-0.15, -0.1) is 0 Å². The number of benzene rings is 1. The molecule has 1 aromatic heterocycles. The van der Waals surface area contributed by atoms with Gasteiger partial charge < -0.3 is 15.5 Å². The van der Waals surface area contributed by atoms with Gasteiger partial charge >= 0.3 is 0 Å². The van der Waals surface area contributed by atoms with Crippen LogP contribution in [0.15, 0.2) is 22.6 Å². The van der Waals surface area contributed by atoms with E-state index in [2.05, 4.69) is 22.4 Å². The molecule has 3 N–H and O–H groups in total. The highest BCUT2D eigenvalue weighted by Crippen LogP contribution is 2.24. The Morgan fingerprint density at radius 2 is 2.17 bits per heavy atom. The van der Waals surface area contributed by atoms with E-state index in [1.165, 1.54) is 5.56 Å². The van der Waals surface area contributed by atoms with Crippen LogP contribution in [0.5, 0.6) is 0 Å². The van der Waals surface area contributed by atoms with Crippen molar-refractivity contribution in [3.8, 4) is 0 Å². The molecule has 18 heavy (non-hydrogen) atoms. The van der Waals surface area contributed by atoms with E-state index in [-0.39, 0.29) is 6.04 Å². The maximum atomic E-state index is 5.81. The van der Waals surface area contributed by atoms with E-state index >= 15 is 0 Å². The molecule has 1 heterocycles. The number of rotatable bonds is 5. The first-order valence-corrected chi connectivity index (χ1v) is 6.40. The van der Waals surface area contributed by atoms with Crippen molar-refractivity contribution in [3.63, 3.8) is 0 Å². The minimum Gasteiger partial charge on any atom is -0.441 e. The van der Waals surface area contributed by atoms with Crippen molar-refractivity contribution < 1.29 is 4.42 Å². The molecule has 0 aliphatic rings. The molecule has 0 saturated heterocycles. The first-order valence-electron chi connectivity index (χ1n) is 6.40. The minimum atomic E-state index is 0.233. The summed E-state index contributed by atoms with van der Waals surface area (Å²) in [4.78, 5) is 4.31. The number of nitrogens with one attached hydrogen (secondary N) is 1. The number of fused-ring (bicyclic) bond motifs is 1. The average molecular weight is 247 g/mol. The van der Waals surface area contributed by atoms with E-state index in [1.54, 1.807) is 0 Å². The van der Waals surface area contributed by atoms with Gasteiger partial charge in [0.15, 0.2) is 11.5 Å². The Bertz CT molecular complexity index is 519. The van der Waals surface area contributed by atoms with Crippen LogP contribution in [0.3, 0.4) is 0 Å². The number of hydrogen-bond donors (Lipinski definition) is 2. The zero-order chi connectivity index (χ0) is 13.1. The van der Waals surface area contributed by atoms with Crippen molar-refractivity contribution in [3.05, 3.63) is 29.7 Å². The third-order valence-corrected chi connectivity index (χ3v) is 3.18. The second-order valence-corrected chi connectivity index (χ2v) is 4.86. The normalized spacial score (nSPS) is 14.9. The van der Waals surface area contributed by atoms with Crippen LogP contribution in [-0.4, -0.2) is 18.1 Å². The molecule has 2 unspecified atom stereocenters. The highest BCUT2D eigenvalue weighted by atomic mass is 16.3. The Balaban J connectivity index is 2.21. The standard InChI is InChI=1S/C14H21N3O/c1-9(15)4-6-12(16-3)11-5-7-13-14(8-11)18-10(2)17-13/h5,7-9,12,16H,4,6,15H2,1-3H3. The predicted molar refractivity (Wildman–Crippen MR) is 73.4 cm³/mol. The molecule has 0 bridgehead atoms. The summed E-state index contributed by atoms with van der Waals surface area (Å²) in [6.45, 7) is 3.90. The quantitative estimate of drug-likeness (QED) is 0.852. The first-order chi connectivity index (χ1) is 8.60. The van der Waals surface area contributed by atoms with Crippen LogP contribution >= 0.6 is 0 Å². The van der Waals surface area contributed by atoms with Crippen molar-refractivity contribution in [1.82, 2.24) is 10.3 Å². The van der Waals surface area contributed by atoms with Crippen LogP contribution in [0.25, 0.3) is 11.1 Å². The Morgan fingerprint density at radius 3 is 2.83 bits per heavy atom. The van der Waals surface area contributed by atoms with Gasteiger partial charge in [0, 0.05) is 19.0 Å². The summed E-state index contributed by atoms with van der Waals surface area (Å²) in [6, 6.07) is 6.73. The highest BCUT2D eigenvalue weighted by molar-refractivity contribution is 5.73. The van der Waals surface area contributed by atoms with Gasteiger partial charge in [-0.25, -0.2) is 4.98 Å². The Morgan fingerprint density at radius 1 is 1.39 bits per heavy atom. The van der Waals surface area contributed by atoms with Gasteiger partial charge in [0.25, 0.3) is 0 Å². The SMILES string of the molecule is CNC(CCC(C)N)c1ccc2nc(C)oc2c1. The molecule has 2 aromatic rings. The van der Waals surface area contributed by atoms with Crippen molar-refractivity contribution in [2.45, 2.75) is 38.8 Å². The summed E-state index contributed by atoms with van der Waals surface area (Å²) in [5, 5.41) is 3.33. The van der Waals surface area contributed by atoms with Crippen molar-refractivity contribution in [2.24, 2.45) is 5.73 Å². The number of aromatic nitrogens is 1. The first kappa shape index (κ1) is 13.1. The smallest absolute Gasteiger partial charge is 0.192 e. The zero-order valence-electron chi connectivity index (χ0n) is 11.2. The lowest BCUT2D eigenvalue weighted by atomic mass is 10.00. The van der Waals surface area contributed by atoms with Gasteiger partial charge in [0.05, 0.1) is 0 Å². The van der Waals surface area contributed by atoms with Crippen molar-refractivity contribution in [2.75, 3.05) is 7.05 Å². The molecule has 0 spiro atoms. The summed E-state index contributed by atoms with van der Waals surface area (Å²) in [5.74, 6) is 0.707. The molecule has 0 fully saturated rings. The molecule has 0 aliphatic heterocycles. The lowest BCUT2D eigenvalue weighted by Crippen LogP contribution is -2.21. The van der Waals surface area contributed by atoms with Gasteiger partial charge in [-0.05, 0) is 44.5 Å². The number of oxazole rings is 1. The molecule has 98 valence electrons. The number of hydrogen-bond acceptors (Lipinski definition) is 4. The highest BCUT2D eigenvalue weighted by Gasteiger charge is 2.12. The maximum absolute atomic E-state index is 5.81. The van der Waals surface area contributed by atoms with Gasteiger partial charge in [0.1, 0.15) is 5.52 Å². The molecule has 0 aliphatic carbocycles. The topological polar surface area (TPSA) is 64.1 Å². The molecule has 2 rings (SSSR count). The predicted octanol–water partition coefficient (Wildman–Crippen LogP) is 2.52. The van der Waals surface area contributed by atoms with E-state index < -0.39 is 0 Å². The zero-order valence-corrected chi connectivity index (χ0v) is 11.2. The summed E-state index contributed by atoms with van der Waals surface area (Å²) in [5.41, 5.74) is 8.80. The lowest BCUT2D eigenvalue weighted by molar-refractivity contribution is 0.495. The third kappa shape index (κ3) is 2.89. The van der Waals surface area contributed by atoms with Crippen LogP contribution in [0.4, 0.5) is 0 Å². The Labute approximate surface area is 108 Å². The van der Waals surface area contributed by atoms with Gasteiger partial charge in [-0.2, -0.15) is 0 Å². The fraction of sp³-hybridized carbons (Fsp3) is 0.500. The number of aryl methyl sites for hydroxylation is 1. The van der Waals surface area contributed by atoms with E-state index in [0.29, 0.717) is 11.9 Å². The molecule has 4 heteroatoms. The minimum absolute atomic E-state index is 0.233. The van der Waals surface area contributed by atoms with Crippen molar-refractivity contribution in [1.29, 1.82) is 0 Å². The molecular weight excluding hydrogens is 226 g/mol. The lowest BCUT2D eigenvalue weighted by Gasteiger charge is -2.17. The van der Waals surface area contributed by atoms with Gasteiger partial charge in [-0.3, -0.25) is 0 Å². The van der Waals surface area contributed by atoms with Crippen LogP contribution in [0.2, 0.25) is 0 Å². The van der Waals surface area contributed by atoms with Crippen LogP contribution in [0, 0.1) is 6.92 Å². The van der Waals surface area contributed by atoms with Crippen molar-refractivity contribution >= 4 is 11.1 Å². The fourth-order valence-corrected chi connectivity index (χ4v) is 2.18. The van der Waals surface area contributed by atoms with Crippen LogP contribution in [-0.2, 0) is 0 Å². The molecule has 0 radical (unpaired) electrons. The summed E-state index contributed by atoms with van der Waals surface area (Å²) in [6.07, 6.45) is 2.02. The average Bonchev–Trinajstić information content (AvgIpc) is 2.68. The summed E-state index contributed by atoms with van der Waals surface area (Å²) < 4.78 is 5.57. The molecular formula is C14H21N3O. The fourth-order valence-electron chi connectivity index (χ4n) is 2.18. The van der Waals surface area contributed by atoms with Gasteiger partial charge in [0.2, 0.25) is 0 Å². The van der Waals surface area contributed by atoms with E-state index in [4.69, 9.17) is 10.2 Å². The summed E-state index contributed by atoms with van der Waals surface area (Å²) in [7, 11) is 1.97. The molecule has 2 atom stereocenters. The number of nitrogens with zero attached hydrogens (tertiary/aromatic N) is 1. The summed E-state index contributed by atoms with van der Waals surface area (Å²) >= 11 is 0. The number of nitrogens with two attached hydrogens (primary N) is 1. The molecule has 1 aromatic carbocycles. The second-order valence-electron chi connectivity index (χ2n) is 4.86. The maximum Gasteiger partial charge on any atom is 0.192 e. The molecule has 0 amide bonds. The monoisotopic (exact) mass is 247 g/mol. The van der Waals surface area contributed by atoms with Crippen LogP contribution in [0.1, 0.15) is 37.3 Å². The van der Waals surface area contributed by atoms with E-state index in [0.717, 1.165) is 23.9 Å². The largest absolute Gasteiger partial charge is 0.441 e. The molecule has 0 saturated carbocycles. The van der Waals surface area contributed by atoms with E-state index in [1.807, 2.05) is 27.0 Å². The Kier molecular flexibility index (Phi) is 3.99. The third-order valence-electron chi connectivity index (χ3n) is 3.18. The molecule has 4 nitrogen and oxygen atoms in total. The van der Waals surface area contributed by atoms with Gasteiger partial charge in [-0.1, -0.05) is 6.07 Å². The van der Waals surface area contributed by atoms with Crippen LogP contribution < -0.4 is 11.1 Å². The second kappa shape index (κ2) is 5.50.